The second-order valence-corrected chi connectivity index (χ2v) is 5.30. The minimum atomic E-state index is -0.246. The van der Waals surface area contributed by atoms with E-state index < -0.39 is 0 Å². The van der Waals surface area contributed by atoms with Crippen LogP contribution in [0.15, 0.2) is 27.4 Å². The van der Waals surface area contributed by atoms with Gasteiger partial charge in [0, 0.05) is 0 Å². The summed E-state index contributed by atoms with van der Waals surface area (Å²) in [5.74, 6) is -0.454. The Morgan fingerprint density at radius 2 is 2.00 bits per heavy atom. The second kappa shape index (κ2) is 3.47. The molecule has 0 spiro atoms. The van der Waals surface area contributed by atoms with Gasteiger partial charge in [0.05, 0.1) is 34.0 Å². The normalized spacial score (nSPS) is 20.5. The van der Waals surface area contributed by atoms with E-state index in [0.29, 0.717) is 11.1 Å². The first-order valence-electron chi connectivity index (χ1n) is 3.38. The number of halogens is 2. The average Bonchev–Trinajstić information content (AvgIpc) is 2.40. The minimum absolute atomic E-state index is 0.221. The highest BCUT2D eigenvalue weighted by molar-refractivity contribution is 14.2. The molecule has 0 aromatic carbocycles. The highest BCUT2D eigenvalue weighted by Gasteiger charge is 2.34. The Morgan fingerprint density at radius 3 is 2.77 bits per heavy atom. The topological polar surface area (TPSA) is 37.4 Å². The molecule has 0 radical (unpaired) electrons. The quantitative estimate of drug-likeness (QED) is 0.352. The predicted molar refractivity (Wildman–Crippen MR) is 65.6 cm³/mol. The van der Waals surface area contributed by atoms with Crippen LogP contribution in [-0.4, -0.2) is 18.6 Å². The second-order valence-electron chi connectivity index (χ2n) is 2.37. The van der Waals surface area contributed by atoms with Crippen molar-refractivity contribution in [1.29, 1.82) is 0 Å². The van der Waals surface area contributed by atoms with E-state index in [0.717, 1.165) is 3.11 Å². The summed E-state index contributed by atoms with van der Waals surface area (Å²) in [5, 5.41) is 0. The lowest BCUT2D eigenvalue weighted by Gasteiger charge is -2.01. The van der Waals surface area contributed by atoms with Crippen molar-refractivity contribution in [1.82, 2.24) is 3.11 Å². The number of carbonyl (C=O) groups is 2. The molecule has 2 rings (SSSR count). The molecule has 3 nitrogen and oxygen atoms in total. The van der Waals surface area contributed by atoms with Crippen molar-refractivity contribution in [3.63, 3.8) is 0 Å². The van der Waals surface area contributed by atoms with Gasteiger partial charge in [-0.2, -0.15) is 0 Å². The van der Waals surface area contributed by atoms with Crippen molar-refractivity contribution in [2.24, 2.45) is 0 Å². The maximum Gasteiger partial charge on any atom is 0.271 e. The van der Waals surface area contributed by atoms with Gasteiger partial charge in [0.15, 0.2) is 0 Å². The predicted octanol–water partition coefficient (Wildman–Crippen LogP) is 1.46. The number of hydrogen-bond donors (Lipinski definition) is 0. The zero-order valence-corrected chi connectivity index (χ0v) is 10.6. The fraction of sp³-hybridized carbons (Fsp3) is 0. The van der Waals surface area contributed by atoms with E-state index in [1.54, 1.807) is 35.0 Å². The standard InChI is InChI=1S/C8H3I2NO2/c9-11-7(12)5-1-3-10-4-2-6(5)8(11)13/h1-3H. The average molecular weight is 399 g/mol. The molecule has 2 aliphatic rings. The lowest BCUT2D eigenvalue weighted by atomic mass is 10.1. The third-order valence-corrected chi connectivity index (χ3v) is 3.93. The maximum absolute atomic E-state index is 11.5. The van der Waals surface area contributed by atoms with Gasteiger partial charge >= 0.3 is 0 Å². The minimum Gasteiger partial charge on any atom is -0.268 e. The summed E-state index contributed by atoms with van der Waals surface area (Å²) in [6.45, 7) is 0. The summed E-state index contributed by atoms with van der Waals surface area (Å²) < 4.78 is 6.06. The first kappa shape index (κ1) is 9.29. The smallest absolute Gasteiger partial charge is 0.268 e. The van der Waals surface area contributed by atoms with Crippen LogP contribution in [0.5, 0.6) is 0 Å². The molecule has 2 heterocycles. The zero-order chi connectivity index (χ0) is 9.42. The molecule has 0 fully saturated rings. The van der Waals surface area contributed by atoms with Gasteiger partial charge in [-0.05, 0) is 37.0 Å². The Bertz CT molecular complexity index is 427. The van der Waals surface area contributed by atoms with E-state index in [2.05, 4.69) is 3.67 Å². The van der Waals surface area contributed by atoms with E-state index in [1.165, 1.54) is 0 Å². The van der Waals surface area contributed by atoms with E-state index >= 15 is 0 Å². The van der Waals surface area contributed by atoms with Gasteiger partial charge < -0.3 is 0 Å². The molecule has 2 amide bonds. The molecule has 0 aromatic rings. The highest BCUT2D eigenvalue weighted by Crippen LogP contribution is 2.27. The third kappa shape index (κ3) is 1.44. The van der Waals surface area contributed by atoms with Crippen LogP contribution in [0.25, 0.3) is 0 Å². The van der Waals surface area contributed by atoms with Crippen LogP contribution in [0.4, 0.5) is 0 Å². The molecule has 0 aliphatic carbocycles. The Morgan fingerprint density at radius 1 is 1.31 bits per heavy atom. The maximum atomic E-state index is 11.5. The molecule has 0 unspecified atom stereocenters. The number of carbonyl (C=O) groups excluding carboxylic acids is 2. The fourth-order valence-electron chi connectivity index (χ4n) is 1.05. The van der Waals surface area contributed by atoms with Gasteiger partial charge in [-0.1, -0.05) is 3.67 Å². The van der Waals surface area contributed by atoms with Gasteiger partial charge in [0.2, 0.25) is 0 Å². The summed E-state index contributed by atoms with van der Waals surface area (Å²) >= 11 is 1.48. The molecule has 0 saturated heterocycles. The fourth-order valence-corrected chi connectivity index (χ4v) is 2.81. The third-order valence-electron chi connectivity index (χ3n) is 1.66. The van der Waals surface area contributed by atoms with Gasteiger partial charge in [-0.3, -0.25) is 9.59 Å². The van der Waals surface area contributed by atoms with Gasteiger partial charge in [0.25, 0.3) is 11.8 Å². The van der Waals surface area contributed by atoms with Crippen molar-refractivity contribution < 1.29 is 9.59 Å². The molecule has 0 N–H and O–H groups in total. The van der Waals surface area contributed by atoms with Crippen LogP contribution in [-0.2, 0) is 9.59 Å². The molecular weight excluding hydrogens is 396 g/mol. The summed E-state index contributed by atoms with van der Waals surface area (Å²) in [6.07, 6.45) is 3.37. The van der Waals surface area contributed by atoms with E-state index in [9.17, 15) is 9.59 Å². The summed E-state index contributed by atoms with van der Waals surface area (Å²) in [4.78, 5) is 22.9. The molecule has 13 heavy (non-hydrogen) atoms. The molecule has 2 aliphatic heterocycles. The number of imide groups is 1. The van der Waals surface area contributed by atoms with Gasteiger partial charge in [-0.25, -0.2) is 3.11 Å². The molecule has 66 valence electrons. The van der Waals surface area contributed by atoms with Gasteiger partial charge in [-0.15, -0.1) is 0 Å². The molecular formula is C8H3I2NO2. The Hall–Kier alpha value is -0.270. The van der Waals surface area contributed by atoms with Crippen molar-refractivity contribution in [2.75, 3.05) is 0 Å². The molecule has 5 heteroatoms. The summed E-state index contributed by atoms with van der Waals surface area (Å²) in [7, 11) is 0. The summed E-state index contributed by atoms with van der Waals surface area (Å²) in [5.41, 5.74) is 0.983. The van der Waals surface area contributed by atoms with Crippen molar-refractivity contribution in [3.8, 4) is 0 Å². The number of hydrogen-bond acceptors (Lipinski definition) is 2. The highest BCUT2D eigenvalue weighted by atomic mass is 127. The van der Waals surface area contributed by atoms with Gasteiger partial charge in [0.1, 0.15) is 0 Å². The largest absolute Gasteiger partial charge is 0.271 e. The first-order chi connectivity index (χ1) is 6.22. The Balaban J connectivity index is 2.61. The van der Waals surface area contributed by atoms with Crippen LogP contribution in [0.3, 0.4) is 0 Å². The SMILES string of the molecule is O=C1C2=C(C=CI=C=C2)C(=O)N1I. The first-order valence-corrected chi connectivity index (χ1v) is 6.67. The van der Waals surface area contributed by atoms with Crippen LogP contribution in [0, 0.1) is 0 Å². The van der Waals surface area contributed by atoms with E-state index in [4.69, 9.17) is 0 Å². The van der Waals surface area contributed by atoms with Crippen LogP contribution < -0.4 is 0 Å². The number of rotatable bonds is 0. The molecule has 0 aromatic heterocycles. The monoisotopic (exact) mass is 399 g/mol. The molecule has 0 bridgehead atoms. The van der Waals surface area contributed by atoms with Crippen molar-refractivity contribution in [2.45, 2.75) is 0 Å². The number of amides is 2. The molecule has 0 atom stereocenters. The number of nitrogens with zero attached hydrogens (tertiary/aromatic N) is 1. The van der Waals surface area contributed by atoms with Crippen LogP contribution in [0.1, 0.15) is 0 Å². The van der Waals surface area contributed by atoms with E-state index in [1.807, 2.05) is 4.08 Å². The van der Waals surface area contributed by atoms with E-state index in [-0.39, 0.29) is 32.5 Å². The zero-order valence-electron chi connectivity index (χ0n) is 6.25. The Labute approximate surface area is 98.4 Å². The van der Waals surface area contributed by atoms with Crippen molar-refractivity contribution in [3.05, 3.63) is 27.4 Å². The Kier molecular flexibility index (Phi) is 2.48. The van der Waals surface area contributed by atoms with Crippen molar-refractivity contribution >= 4 is 59.1 Å². The van der Waals surface area contributed by atoms with Crippen LogP contribution in [0.2, 0.25) is 0 Å². The lowest BCUT2D eigenvalue weighted by molar-refractivity contribution is -0.129. The van der Waals surface area contributed by atoms with Crippen LogP contribution >= 0.6 is 43.6 Å². The summed E-state index contributed by atoms with van der Waals surface area (Å²) in [6, 6.07) is 0. The molecule has 0 saturated carbocycles. The lowest BCUT2D eigenvalue weighted by Crippen LogP contribution is -2.20.